The van der Waals surface area contributed by atoms with E-state index in [0.29, 0.717) is 17.2 Å². The molecule has 9 heteroatoms. The zero-order chi connectivity index (χ0) is 21.1. The minimum absolute atomic E-state index is 0.0593. The number of hydrogen-bond donors (Lipinski definition) is 3. The van der Waals surface area contributed by atoms with Gasteiger partial charge in [-0.25, -0.2) is 4.98 Å². The van der Waals surface area contributed by atoms with Crippen LogP contribution in [0.4, 0.5) is 5.69 Å². The maximum absolute atomic E-state index is 11.9. The fraction of sp³-hybridized carbons (Fsp3) is 0.227. The monoisotopic (exact) mass is 416 g/mol. The lowest BCUT2D eigenvalue weighted by Gasteiger charge is -2.13. The van der Waals surface area contributed by atoms with Gasteiger partial charge in [0.15, 0.2) is 11.6 Å². The van der Waals surface area contributed by atoms with E-state index in [-0.39, 0.29) is 25.0 Å². The highest BCUT2D eigenvalue weighted by molar-refractivity contribution is 5.95. The number of aromatic hydroxyl groups is 1. The van der Waals surface area contributed by atoms with Gasteiger partial charge >= 0.3 is 0 Å². The zero-order valence-electron chi connectivity index (χ0n) is 16.8. The number of rotatable bonds is 3. The van der Waals surface area contributed by atoms with E-state index < -0.39 is 0 Å². The topological polar surface area (TPSA) is 108 Å². The molecule has 2 aromatic carbocycles. The fourth-order valence-corrected chi connectivity index (χ4v) is 4.28. The smallest absolute Gasteiger partial charge is 0.254 e. The molecular weight excluding hydrogens is 396 g/mol. The van der Waals surface area contributed by atoms with Crippen LogP contribution in [0.25, 0.3) is 33.8 Å². The number of amides is 1. The summed E-state index contributed by atoms with van der Waals surface area (Å²) in [5.41, 5.74) is 6.79. The first-order chi connectivity index (χ1) is 15.1. The third kappa shape index (κ3) is 2.82. The number of nitrogens with zero attached hydrogens (tertiary/aromatic N) is 4. The highest BCUT2D eigenvalue weighted by Crippen LogP contribution is 2.38. The average Bonchev–Trinajstić information content (AvgIpc) is 3.53. The molecule has 1 fully saturated rings. The molecule has 2 aromatic heterocycles. The van der Waals surface area contributed by atoms with Crippen molar-refractivity contribution in [1.82, 2.24) is 25.1 Å². The molecule has 0 bridgehead atoms. The summed E-state index contributed by atoms with van der Waals surface area (Å²) in [7, 11) is 1.78. The summed E-state index contributed by atoms with van der Waals surface area (Å²) in [6.45, 7) is 2.05. The Kier molecular flexibility index (Phi) is 3.89. The van der Waals surface area contributed by atoms with Gasteiger partial charge < -0.3 is 20.1 Å². The van der Waals surface area contributed by atoms with Gasteiger partial charge in [-0.05, 0) is 35.4 Å². The number of fused-ring (bicyclic) bond motifs is 2. The predicted octanol–water partition coefficient (Wildman–Crippen LogP) is 2.26. The van der Waals surface area contributed by atoms with Crippen molar-refractivity contribution in [3.8, 4) is 28.5 Å². The number of nitrogens with one attached hydrogen (secondary N) is 2. The van der Waals surface area contributed by atoms with Crippen molar-refractivity contribution in [3.05, 3.63) is 47.5 Å². The maximum Gasteiger partial charge on any atom is 0.254 e. The zero-order valence-corrected chi connectivity index (χ0v) is 16.8. The molecule has 2 aliphatic heterocycles. The summed E-state index contributed by atoms with van der Waals surface area (Å²) in [4.78, 5) is 21.5. The fourth-order valence-electron chi connectivity index (χ4n) is 4.28. The Bertz CT molecular complexity index is 1300. The van der Waals surface area contributed by atoms with Crippen LogP contribution in [0.15, 0.2) is 36.4 Å². The average molecular weight is 416 g/mol. The molecule has 4 aromatic rings. The molecular formula is C22H20N6O3. The second-order valence-corrected chi connectivity index (χ2v) is 7.84. The van der Waals surface area contributed by atoms with E-state index >= 15 is 0 Å². The molecule has 31 heavy (non-hydrogen) atoms. The van der Waals surface area contributed by atoms with Gasteiger partial charge in [0, 0.05) is 31.4 Å². The third-order valence-electron chi connectivity index (χ3n) is 5.88. The Morgan fingerprint density at radius 2 is 1.90 bits per heavy atom. The van der Waals surface area contributed by atoms with Crippen molar-refractivity contribution < 1.29 is 14.6 Å². The van der Waals surface area contributed by atoms with Crippen molar-refractivity contribution in [2.24, 2.45) is 7.05 Å². The normalized spacial score (nSPS) is 15.9. The Hall–Kier alpha value is -3.69. The second kappa shape index (κ2) is 6.66. The van der Waals surface area contributed by atoms with E-state index in [1.54, 1.807) is 16.6 Å². The summed E-state index contributed by atoms with van der Waals surface area (Å²) in [6.07, 6.45) is 0. The molecule has 4 heterocycles. The quantitative estimate of drug-likeness (QED) is 0.473. The number of carbonyl (C=O) groups excluding carboxylic acids is 1. The van der Waals surface area contributed by atoms with Crippen molar-refractivity contribution in [3.63, 3.8) is 0 Å². The first kappa shape index (κ1) is 18.1. The summed E-state index contributed by atoms with van der Waals surface area (Å²) < 4.78 is 6.81. The molecule has 156 valence electrons. The largest absolute Gasteiger partial charge is 0.504 e. The summed E-state index contributed by atoms with van der Waals surface area (Å²) in [6, 6.07) is 11.5. The van der Waals surface area contributed by atoms with Gasteiger partial charge in [-0.3, -0.25) is 14.4 Å². The second-order valence-electron chi connectivity index (χ2n) is 7.84. The van der Waals surface area contributed by atoms with Crippen LogP contribution in [-0.4, -0.2) is 44.1 Å². The van der Waals surface area contributed by atoms with E-state index in [4.69, 9.17) is 9.72 Å². The Labute approximate surface area is 177 Å². The van der Waals surface area contributed by atoms with Crippen molar-refractivity contribution in [2.45, 2.75) is 13.1 Å². The molecule has 3 N–H and O–H groups in total. The van der Waals surface area contributed by atoms with Gasteiger partial charge in [-0.1, -0.05) is 12.1 Å². The van der Waals surface area contributed by atoms with Crippen LogP contribution in [0, 0.1) is 0 Å². The number of carbonyl (C=O) groups is 1. The summed E-state index contributed by atoms with van der Waals surface area (Å²) >= 11 is 0. The molecule has 1 saturated heterocycles. The minimum atomic E-state index is -0.0673. The molecule has 0 unspecified atom stereocenters. The van der Waals surface area contributed by atoms with Crippen LogP contribution < -0.4 is 10.2 Å². The Morgan fingerprint density at radius 1 is 1.13 bits per heavy atom. The highest BCUT2D eigenvalue weighted by Gasteiger charge is 2.24. The van der Waals surface area contributed by atoms with E-state index in [0.717, 1.165) is 35.4 Å². The third-order valence-corrected chi connectivity index (χ3v) is 5.88. The molecule has 6 rings (SSSR count). The van der Waals surface area contributed by atoms with E-state index in [1.807, 2.05) is 24.3 Å². The number of benzene rings is 2. The lowest BCUT2D eigenvalue weighted by molar-refractivity contribution is -0.117. The minimum Gasteiger partial charge on any atom is -0.504 e. The lowest BCUT2D eigenvalue weighted by atomic mass is 10.1. The van der Waals surface area contributed by atoms with E-state index in [2.05, 4.69) is 27.5 Å². The number of aryl methyl sites for hydroxylation is 1. The molecule has 0 spiro atoms. The van der Waals surface area contributed by atoms with Gasteiger partial charge in [0.1, 0.15) is 24.7 Å². The SMILES string of the molecule is Cn1nc(-c2ccc(N3COCC3=O)cc2)c(O)c1-c1nc2cc3c(cc2[nH]1)CNC3. The van der Waals surface area contributed by atoms with Crippen LogP contribution in [-0.2, 0) is 29.7 Å². The van der Waals surface area contributed by atoms with E-state index in [9.17, 15) is 9.90 Å². The molecule has 0 atom stereocenters. The predicted molar refractivity (Wildman–Crippen MR) is 114 cm³/mol. The number of imidazole rings is 1. The van der Waals surface area contributed by atoms with Crippen LogP contribution in [0.1, 0.15) is 11.1 Å². The number of ether oxygens (including phenoxy) is 1. The van der Waals surface area contributed by atoms with Gasteiger partial charge in [0.05, 0.1) is 11.0 Å². The Morgan fingerprint density at radius 3 is 2.65 bits per heavy atom. The summed E-state index contributed by atoms with van der Waals surface area (Å²) in [5, 5.41) is 18.9. The summed E-state index contributed by atoms with van der Waals surface area (Å²) in [5.74, 6) is 0.563. The van der Waals surface area contributed by atoms with Crippen LogP contribution in [0.3, 0.4) is 0 Å². The number of hydrogen-bond acceptors (Lipinski definition) is 6. The molecule has 1 amide bonds. The standard InChI is InChI=1S/C22H20N6O3/c1-27-20(22-24-16-6-13-8-23-9-14(13)7-17(16)25-22)21(30)19(26-27)12-2-4-15(5-3-12)28-11-31-10-18(28)29/h2-7,23,30H,8-11H2,1H3,(H,24,25). The van der Waals surface area contributed by atoms with Crippen molar-refractivity contribution in [2.75, 3.05) is 18.2 Å². The number of aromatic nitrogens is 4. The molecule has 0 aliphatic carbocycles. The van der Waals surface area contributed by atoms with Crippen molar-refractivity contribution >= 4 is 22.6 Å². The van der Waals surface area contributed by atoms with Gasteiger partial charge in [0.25, 0.3) is 5.91 Å². The number of anilines is 1. The van der Waals surface area contributed by atoms with Crippen molar-refractivity contribution in [1.29, 1.82) is 0 Å². The Balaban J connectivity index is 1.37. The van der Waals surface area contributed by atoms with Crippen LogP contribution >= 0.6 is 0 Å². The van der Waals surface area contributed by atoms with Gasteiger partial charge in [0.2, 0.25) is 0 Å². The molecule has 0 saturated carbocycles. The van der Waals surface area contributed by atoms with Crippen LogP contribution in [0.5, 0.6) is 5.75 Å². The lowest BCUT2D eigenvalue weighted by Crippen LogP contribution is -2.24. The van der Waals surface area contributed by atoms with Gasteiger partial charge in [-0.2, -0.15) is 5.10 Å². The number of aromatic amines is 1. The first-order valence-electron chi connectivity index (χ1n) is 10.1. The molecule has 2 aliphatic rings. The van der Waals surface area contributed by atoms with Gasteiger partial charge in [-0.15, -0.1) is 0 Å². The first-order valence-corrected chi connectivity index (χ1v) is 10.1. The maximum atomic E-state index is 11.9. The number of H-pyrrole nitrogens is 1. The molecule has 0 radical (unpaired) electrons. The highest BCUT2D eigenvalue weighted by atomic mass is 16.5. The van der Waals surface area contributed by atoms with Crippen LogP contribution in [0.2, 0.25) is 0 Å². The molecule has 9 nitrogen and oxygen atoms in total. The van der Waals surface area contributed by atoms with E-state index in [1.165, 1.54) is 11.1 Å².